The maximum Gasteiger partial charge on any atom is 0.0471 e. The Hall–Kier alpha value is -1.02. The molecule has 14 heavy (non-hydrogen) atoms. The minimum absolute atomic E-state index is 0.646. The van der Waals surface area contributed by atoms with Crippen molar-refractivity contribution in [2.45, 2.75) is 25.7 Å². The van der Waals surface area contributed by atoms with Gasteiger partial charge in [0.2, 0.25) is 0 Å². The summed E-state index contributed by atoms with van der Waals surface area (Å²) in [7, 11) is 0. The molecule has 1 fully saturated rings. The van der Waals surface area contributed by atoms with Gasteiger partial charge >= 0.3 is 0 Å². The van der Waals surface area contributed by atoms with Crippen LogP contribution in [-0.4, -0.2) is 13.2 Å². The van der Waals surface area contributed by atoms with Crippen molar-refractivity contribution < 1.29 is 4.74 Å². The SMILES string of the molecule is Cc1ccc(N)cc1C1CCOCC1. The highest BCUT2D eigenvalue weighted by Crippen LogP contribution is 2.30. The lowest BCUT2D eigenvalue weighted by atomic mass is 9.88. The predicted octanol–water partition coefficient (Wildman–Crippen LogP) is 2.47. The molecule has 1 heterocycles. The van der Waals surface area contributed by atoms with E-state index in [2.05, 4.69) is 19.1 Å². The second-order valence-electron chi connectivity index (χ2n) is 4.00. The maximum absolute atomic E-state index is 5.80. The Morgan fingerprint density at radius 2 is 2.00 bits per heavy atom. The fraction of sp³-hybridized carbons (Fsp3) is 0.500. The van der Waals surface area contributed by atoms with Gasteiger partial charge in [-0.2, -0.15) is 0 Å². The van der Waals surface area contributed by atoms with Crippen LogP contribution in [0.25, 0.3) is 0 Å². The fourth-order valence-corrected chi connectivity index (χ4v) is 2.11. The molecule has 2 rings (SSSR count). The molecule has 0 amide bonds. The lowest BCUT2D eigenvalue weighted by Gasteiger charge is -2.24. The summed E-state index contributed by atoms with van der Waals surface area (Å²) in [4.78, 5) is 0. The average molecular weight is 191 g/mol. The van der Waals surface area contributed by atoms with E-state index >= 15 is 0 Å². The lowest BCUT2D eigenvalue weighted by molar-refractivity contribution is 0.0852. The molecule has 2 N–H and O–H groups in total. The summed E-state index contributed by atoms with van der Waals surface area (Å²) in [5, 5.41) is 0. The molecule has 1 aromatic rings. The van der Waals surface area contributed by atoms with Crippen LogP contribution in [0.5, 0.6) is 0 Å². The Kier molecular flexibility index (Phi) is 2.73. The van der Waals surface area contributed by atoms with Crippen molar-refractivity contribution in [3.05, 3.63) is 29.3 Å². The van der Waals surface area contributed by atoms with Gasteiger partial charge in [0.15, 0.2) is 0 Å². The molecule has 76 valence electrons. The van der Waals surface area contributed by atoms with E-state index in [4.69, 9.17) is 10.5 Å². The molecule has 0 aliphatic carbocycles. The van der Waals surface area contributed by atoms with E-state index in [9.17, 15) is 0 Å². The van der Waals surface area contributed by atoms with E-state index in [1.54, 1.807) is 0 Å². The summed E-state index contributed by atoms with van der Waals surface area (Å²) in [6, 6.07) is 6.20. The van der Waals surface area contributed by atoms with E-state index in [0.717, 1.165) is 31.7 Å². The van der Waals surface area contributed by atoms with Crippen LogP contribution in [0.2, 0.25) is 0 Å². The molecule has 0 spiro atoms. The third kappa shape index (κ3) is 1.90. The summed E-state index contributed by atoms with van der Waals surface area (Å²) >= 11 is 0. The van der Waals surface area contributed by atoms with E-state index < -0.39 is 0 Å². The van der Waals surface area contributed by atoms with Gasteiger partial charge in [0.25, 0.3) is 0 Å². The molecule has 0 aromatic heterocycles. The van der Waals surface area contributed by atoms with Crippen LogP contribution in [0, 0.1) is 6.92 Å². The molecular weight excluding hydrogens is 174 g/mol. The Labute approximate surface area is 85.1 Å². The van der Waals surface area contributed by atoms with Gasteiger partial charge in [0.05, 0.1) is 0 Å². The van der Waals surface area contributed by atoms with Crippen LogP contribution < -0.4 is 5.73 Å². The van der Waals surface area contributed by atoms with Gasteiger partial charge in [-0.3, -0.25) is 0 Å². The number of aryl methyl sites for hydroxylation is 1. The zero-order valence-corrected chi connectivity index (χ0v) is 8.62. The Balaban J connectivity index is 2.24. The highest BCUT2D eigenvalue weighted by Gasteiger charge is 2.17. The average Bonchev–Trinajstić information content (AvgIpc) is 2.23. The number of benzene rings is 1. The molecule has 1 saturated heterocycles. The van der Waals surface area contributed by atoms with E-state index in [1.165, 1.54) is 11.1 Å². The Bertz CT molecular complexity index is 316. The number of ether oxygens (including phenoxy) is 1. The van der Waals surface area contributed by atoms with E-state index in [0.29, 0.717) is 5.92 Å². The van der Waals surface area contributed by atoms with Crippen molar-refractivity contribution in [3.63, 3.8) is 0 Å². The third-order valence-electron chi connectivity index (χ3n) is 2.96. The van der Waals surface area contributed by atoms with Gasteiger partial charge in [-0.05, 0) is 48.9 Å². The third-order valence-corrected chi connectivity index (χ3v) is 2.96. The Morgan fingerprint density at radius 1 is 1.29 bits per heavy atom. The number of hydrogen-bond donors (Lipinski definition) is 1. The Morgan fingerprint density at radius 3 is 2.71 bits per heavy atom. The first-order valence-corrected chi connectivity index (χ1v) is 5.21. The molecule has 0 bridgehead atoms. The van der Waals surface area contributed by atoms with E-state index in [-0.39, 0.29) is 0 Å². The summed E-state index contributed by atoms with van der Waals surface area (Å²) in [6.07, 6.45) is 2.26. The first-order valence-electron chi connectivity index (χ1n) is 5.21. The van der Waals surface area contributed by atoms with Crippen molar-refractivity contribution in [3.8, 4) is 0 Å². The second-order valence-corrected chi connectivity index (χ2v) is 4.00. The number of hydrogen-bond acceptors (Lipinski definition) is 2. The summed E-state index contributed by atoms with van der Waals surface area (Å²) in [6.45, 7) is 3.93. The molecule has 0 saturated carbocycles. The van der Waals surface area contributed by atoms with Crippen molar-refractivity contribution in [2.75, 3.05) is 18.9 Å². The number of rotatable bonds is 1. The minimum atomic E-state index is 0.646. The van der Waals surface area contributed by atoms with Gasteiger partial charge in [-0.15, -0.1) is 0 Å². The molecule has 1 aromatic carbocycles. The maximum atomic E-state index is 5.80. The first-order chi connectivity index (χ1) is 6.77. The fourth-order valence-electron chi connectivity index (χ4n) is 2.11. The molecule has 1 aliphatic heterocycles. The quantitative estimate of drug-likeness (QED) is 0.692. The number of nitrogen functional groups attached to an aromatic ring is 1. The lowest BCUT2D eigenvalue weighted by Crippen LogP contribution is -2.15. The predicted molar refractivity (Wildman–Crippen MR) is 58.4 cm³/mol. The standard InChI is InChI=1S/C12H17NO/c1-9-2-3-11(13)8-12(9)10-4-6-14-7-5-10/h2-3,8,10H,4-7,13H2,1H3. The van der Waals surface area contributed by atoms with Crippen molar-refractivity contribution >= 4 is 5.69 Å². The van der Waals surface area contributed by atoms with Crippen LogP contribution in [-0.2, 0) is 4.74 Å². The van der Waals surface area contributed by atoms with Crippen LogP contribution in [0.15, 0.2) is 18.2 Å². The topological polar surface area (TPSA) is 35.2 Å². The van der Waals surface area contributed by atoms with Crippen molar-refractivity contribution in [2.24, 2.45) is 0 Å². The highest BCUT2D eigenvalue weighted by molar-refractivity contribution is 5.45. The van der Waals surface area contributed by atoms with Gasteiger partial charge in [-0.1, -0.05) is 6.07 Å². The molecule has 0 atom stereocenters. The van der Waals surface area contributed by atoms with Crippen LogP contribution >= 0.6 is 0 Å². The van der Waals surface area contributed by atoms with Gasteiger partial charge in [0.1, 0.15) is 0 Å². The first kappa shape index (κ1) is 9.53. The largest absolute Gasteiger partial charge is 0.399 e. The molecular formula is C12H17NO. The van der Waals surface area contributed by atoms with Crippen LogP contribution in [0.3, 0.4) is 0 Å². The van der Waals surface area contributed by atoms with Crippen LogP contribution in [0.4, 0.5) is 5.69 Å². The zero-order valence-electron chi connectivity index (χ0n) is 8.62. The monoisotopic (exact) mass is 191 g/mol. The summed E-state index contributed by atoms with van der Waals surface area (Å²) in [5.74, 6) is 0.646. The van der Waals surface area contributed by atoms with Gasteiger partial charge < -0.3 is 10.5 Å². The molecule has 2 nitrogen and oxygen atoms in total. The minimum Gasteiger partial charge on any atom is -0.399 e. The van der Waals surface area contributed by atoms with Gasteiger partial charge in [-0.25, -0.2) is 0 Å². The normalized spacial score (nSPS) is 18.4. The number of nitrogens with two attached hydrogens (primary N) is 1. The second kappa shape index (κ2) is 4.01. The van der Waals surface area contributed by atoms with Gasteiger partial charge in [0, 0.05) is 18.9 Å². The zero-order chi connectivity index (χ0) is 9.97. The summed E-state index contributed by atoms with van der Waals surface area (Å²) < 4.78 is 5.36. The van der Waals surface area contributed by atoms with Crippen LogP contribution in [0.1, 0.15) is 29.9 Å². The van der Waals surface area contributed by atoms with E-state index in [1.807, 2.05) is 6.07 Å². The molecule has 0 radical (unpaired) electrons. The molecule has 1 aliphatic rings. The highest BCUT2D eigenvalue weighted by atomic mass is 16.5. The molecule has 0 unspecified atom stereocenters. The van der Waals surface area contributed by atoms with Crippen molar-refractivity contribution in [1.29, 1.82) is 0 Å². The van der Waals surface area contributed by atoms with Crippen molar-refractivity contribution in [1.82, 2.24) is 0 Å². The number of anilines is 1. The summed E-state index contributed by atoms with van der Waals surface area (Å²) in [5.41, 5.74) is 9.44. The molecule has 2 heteroatoms. The smallest absolute Gasteiger partial charge is 0.0471 e.